The minimum absolute atomic E-state index is 0.782. The molecule has 2 aliphatic rings. The highest BCUT2D eigenvalue weighted by Gasteiger charge is 2.18. The number of rotatable bonds is 5. The smallest absolute Gasteiger partial charge is 0.0153 e. The molecular formula is C23H36. The van der Waals surface area contributed by atoms with E-state index in [9.17, 15) is 0 Å². The second kappa shape index (κ2) is 10.7. The maximum absolute atomic E-state index is 3.21. The minimum atomic E-state index is 0.782. The van der Waals surface area contributed by atoms with Crippen LogP contribution in [0.25, 0.3) is 0 Å². The molecule has 0 radical (unpaired) electrons. The van der Waals surface area contributed by atoms with Gasteiger partial charge in [-0.1, -0.05) is 57.1 Å². The number of hydrogen-bond donors (Lipinski definition) is 0. The molecule has 2 rings (SSSR count). The van der Waals surface area contributed by atoms with Crippen LogP contribution in [-0.2, 0) is 0 Å². The van der Waals surface area contributed by atoms with E-state index in [4.69, 9.17) is 0 Å². The van der Waals surface area contributed by atoms with Gasteiger partial charge < -0.3 is 0 Å². The Kier molecular flexibility index (Phi) is 8.59. The van der Waals surface area contributed by atoms with Crippen molar-refractivity contribution in [2.45, 2.75) is 84.5 Å². The van der Waals surface area contributed by atoms with Gasteiger partial charge in [0.1, 0.15) is 0 Å². The van der Waals surface area contributed by atoms with Crippen LogP contribution in [0.4, 0.5) is 0 Å². The standard InChI is InChI=1S/C23H36/c1-3-9-21-16-18-23(19-17-21)11-8-6-5-7-10-22-14-12-20(4-2)13-15-22/h7-8,10-11,20-23H,3-4,9,12-19H2,1-2H3. The first-order valence-corrected chi connectivity index (χ1v) is 10.2. The van der Waals surface area contributed by atoms with Gasteiger partial charge in [0.15, 0.2) is 0 Å². The average molecular weight is 313 g/mol. The summed E-state index contributed by atoms with van der Waals surface area (Å²) in [5.41, 5.74) is 0. The van der Waals surface area contributed by atoms with Crippen LogP contribution in [0.15, 0.2) is 24.3 Å². The average Bonchev–Trinajstić information content (AvgIpc) is 2.60. The SMILES string of the molecule is CCCC1CCC(C=CC#CC=CC2CCC(CC)CC2)CC1. The van der Waals surface area contributed by atoms with E-state index in [1.807, 2.05) is 0 Å². The van der Waals surface area contributed by atoms with Gasteiger partial charge in [0, 0.05) is 0 Å². The van der Waals surface area contributed by atoms with Crippen LogP contribution >= 0.6 is 0 Å². The van der Waals surface area contributed by atoms with Crippen molar-refractivity contribution in [1.29, 1.82) is 0 Å². The molecule has 0 amide bonds. The van der Waals surface area contributed by atoms with Gasteiger partial charge >= 0.3 is 0 Å². The predicted octanol–water partition coefficient (Wildman–Crippen LogP) is 6.93. The fourth-order valence-corrected chi connectivity index (χ4v) is 4.33. The predicted molar refractivity (Wildman–Crippen MR) is 102 cm³/mol. The lowest BCUT2D eigenvalue weighted by atomic mass is 9.80. The van der Waals surface area contributed by atoms with E-state index in [0.717, 1.165) is 23.7 Å². The fraction of sp³-hybridized carbons (Fsp3) is 0.739. The van der Waals surface area contributed by atoms with E-state index >= 15 is 0 Å². The quantitative estimate of drug-likeness (QED) is 0.483. The molecule has 23 heavy (non-hydrogen) atoms. The lowest BCUT2D eigenvalue weighted by Gasteiger charge is -2.26. The summed E-state index contributed by atoms with van der Waals surface area (Å²) in [4.78, 5) is 0. The second-order valence-electron chi connectivity index (χ2n) is 7.77. The van der Waals surface area contributed by atoms with Crippen LogP contribution in [0.3, 0.4) is 0 Å². The third kappa shape index (κ3) is 6.99. The maximum Gasteiger partial charge on any atom is -0.0153 e. The van der Waals surface area contributed by atoms with E-state index in [0.29, 0.717) is 0 Å². The molecule has 0 heteroatoms. The normalized spacial score (nSPS) is 32.1. The Morgan fingerprint density at radius 2 is 1.17 bits per heavy atom. The van der Waals surface area contributed by atoms with E-state index < -0.39 is 0 Å². The summed E-state index contributed by atoms with van der Waals surface area (Å²) in [5, 5.41) is 0. The highest BCUT2D eigenvalue weighted by atomic mass is 14.2. The van der Waals surface area contributed by atoms with Gasteiger partial charge in [-0.2, -0.15) is 0 Å². The summed E-state index contributed by atoms with van der Waals surface area (Å²) in [5.74, 6) is 9.97. The summed E-state index contributed by atoms with van der Waals surface area (Å²) < 4.78 is 0. The lowest BCUT2D eigenvalue weighted by molar-refractivity contribution is 0.294. The summed E-state index contributed by atoms with van der Waals surface area (Å²) >= 11 is 0. The molecule has 2 fully saturated rings. The highest BCUT2D eigenvalue weighted by molar-refractivity contribution is 5.24. The van der Waals surface area contributed by atoms with Gasteiger partial charge in [0.25, 0.3) is 0 Å². The lowest BCUT2D eigenvalue weighted by Crippen LogP contribution is -2.12. The molecule has 2 saturated carbocycles. The molecule has 2 aliphatic carbocycles. The Morgan fingerprint density at radius 1 is 0.696 bits per heavy atom. The fourth-order valence-electron chi connectivity index (χ4n) is 4.33. The van der Waals surface area contributed by atoms with Crippen LogP contribution in [0.5, 0.6) is 0 Å². The molecule has 0 aromatic rings. The molecule has 0 atom stereocenters. The summed E-state index contributed by atoms with van der Waals surface area (Å²) in [6.45, 7) is 4.64. The van der Waals surface area contributed by atoms with Crippen molar-refractivity contribution in [2.75, 3.05) is 0 Å². The van der Waals surface area contributed by atoms with Crippen molar-refractivity contribution in [3.8, 4) is 11.8 Å². The van der Waals surface area contributed by atoms with E-state index in [2.05, 4.69) is 50.0 Å². The van der Waals surface area contributed by atoms with Gasteiger partial charge in [0.05, 0.1) is 0 Å². The number of hydrogen-bond acceptors (Lipinski definition) is 0. The van der Waals surface area contributed by atoms with Crippen LogP contribution in [0.1, 0.15) is 84.5 Å². The molecule has 0 spiro atoms. The molecule has 0 aromatic carbocycles. The van der Waals surface area contributed by atoms with Crippen molar-refractivity contribution in [3.63, 3.8) is 0 Å². The molecule has 0 aliphatic heterocycles. The van der Waals surface area contributed by atoms with Crippen molar-refractivity contribution >= 4 is 0 Å². The topological polar surface area (TPSA) is 0 Å². The molecule has 0 heterocycles. The number of allylic oxidation sites excluding steroid dienone is 4. The Morgan fingerprint density at radius 3 is 1.61 bits per heavy atom. The largest absolute Gasteiger partial charge is 0.0730 e. The molecule has 0 aromatic heterocycles. The third-order valence-electron chi connectivity index (χ3n) is 6.04. The molecule has 0 bridgehead atoms. The van der Waals surface area contributed by atoms with Gasteiger partial charge in [0.2, 0.25) is 0 Å². The molecule has 128 valence electrons. The summed E-state index contributed by atoms with van der Waals surface area (Å²) in [7, 11) is 0. The molecule has 0 N–H and O–H groups in total. The molecular weight excluding hydrogens is 276 g/mol. The van der Waals surface area contributed by atoms with Crippen molar-refractivity contribution in [3.05, 3.63) is 24.3 Å². The van der Waals surface area contributed by atoms with E-state index in [1.54, 1.807) is 0 Å². The Hall–Kier alpha value is -0.960. The van der Waals surface area contributed by atoms with Crippen LogP contribution in [0.2, 0.25) is 0 Å². The zero-order chi connectivity index (χ0) is 16.3. The van der Waals surface area contributed by atoms with Crippen LogP contribution in [-0.4, -0.2) is 0 Å². The third-order valence-corrected chi connectivity index (χ3v) is 6.04. The Labute approximate surface area is 144 Å². The summed E-state index contributed by atoms with van der Waals surface area (Å²) in [6.07, 6.45) is 24.2. The van der Waals surface area contributed by atoms with Gasteiger partial charge in [-0.05, 0) is 87.2 Å². The van der Waals surface area contributed by atoms with Crippen molar-refractivity contribution in [1.82, 2.24) is 0 Å². The van der Waals surface area contributed by atoms with Gasteiger partial charge in [-0.25, -0.2) is 0 Å². The zero-order valence-electron chi connectivity index (χ0n) is 15.4. The molecule has 0 saturated heterocycles. The second-order valence-corrected chi connectivity index (χ2v) is 7.77. The highest BCUT2D eigenvalue weighted by Crippen LogP contribution is 2.32. The first-order valence-electron chi connectivity index (χ1n) is 10.2. The van der Waals surface area contributed by atoms with Crippen LogP contribution < -0.4 is 0 Å². The van der Waals surface area contributed by atoms with Crippen molar-refractivity contribution < 1.29 is 0 Å². The first kappa shape index (κ1) is 18.4. The first-order chi connectivity index (χ1) is 11.3. The molecule has 0 unspecified atom stereocenters. The monoisotopic (exact) mass is 312 g/mol. The van der Waals surface area contributed by atoms with Gasteiger partial charge in [-0.15, -0.1) is 0 Å². The van der Waals surface area contributed by atoms with E-state index in [1.165, 1.54) is 70.6 Å². The Bertz CT molecular complexity index is 415. The zero-order valence-corrected chi connectivity index (χ0v) is 15.4. The molecule has 0 nitrogen and oxygen atoms in total. The van der Waals surface area contributed by atoms with Gasteiger partial charge in [-0.3, -0.25) is 0 Å². The summed E-state index contributed by atoms with van der Waals surface area (Å²) in [6, 6.07) is 0. The Balaban J connectivity index is 1.63. The van der Waals surface area contributed by atoms with E-state index in [-0.39, 0.29) is 0 Å². The van der Waals surface area contributed by atoms with Crippen molar-refractivity contribution in [2.24, 2.45) is 23.7 Å². The van der Waals surface area contributed by atoms with Crippen LogP contribution in [0, 0.1) is 35.5 Å². The minimum Gasteiger partial charge on any atom is -0.0730 e. The maximum atomic E-state index is 3.21.